The normalized spacial score (nSPS) is 15.3. The van der Waals surface area contributed by atoms with Crippen molar-refractivity contribution >= 4 is 11.6 Å². The van der Waals surface area contributed by atoms with Gasteiger partial charge in [0.2, 0.25) is 0 Å². The van der Waals surface area contributed by atoms with Crippen LogP contribution in [0.25, 0.3) is 0 Å². The van der Waals surface area contributed by atoms with E-state index in [1.54, 1.807) is 18.2 Å². The van der Waals surface area contributed by atoms with Crippen LogP contribution in [0.2, 0.25) is 0 Å². The summed E-state index contributed by atoms with van der Waals surface area (Å²) in [6.07, 6.45) is 46.2. The highest BCUT2D eigenvalue weighted by Crippen LogP contribution is 2.24. The smallest absolute Gasteiger partial charge is 0.190 e. The van der Waals surface area contributed by atoms with E-state index in [1.807, 2.05) is 6.07 Å². The average molecular weight is 839 g/mol. The van der Waals surface area contributed by atoms with E-state index in [4.69, 9.17) is 0 Å². The summed E-state index contributed by atoms with van der Waals surface area (Å²) in [5.74, 6) is -0.0945. The van der Waals surface area contributed by atoms with Gasteiger partial charge >= 0.3 is 0 Å². The molecule has 1 aromatic carbocycles. The van der Waals surface area contributed by atoms with Crippen molar-refractivity contribution in [3.05, 3.63) is 164 Å². The van der Waals surface area contributed by atoms with Gasteiger partial charge in [-0.15, -0.1) is 0 Å². The van der Waals surface area contributed by atoms with Crippen molar-refractivity contribution in [1.29, 1.82) is 0 Å². The van der Waals surface area contributed by atoms with Crippen LogP contribution in [-0.2, 0) is 0 Å². The van der Waals surface area contributed by atoms with Crippen LogP contribution < -0.4 is 0 Å². The van der Waals surface area contributed by atoms with E-state index in [9.17, 15) is 9.59 Å². The summed E-state index contributed by atoms with van der Waals surface area (Å²) in [6, 6.07) is 7.11. The van der Waals surface area contributed by atoms with Gasteiger partial charge < -0.3 is 0 Å². The largest absolute Gasteiger partial charge is 0.289 e. The molecule has 1 aliphatic carbocycles. The molecule has 1 aliphatic rings. The summed E-state index contributed by atoms with van der Waals surface area (Å²) >= 11 is 0. The first-order valence-corrected chi connectivity index (χ1v) is 24.1. The number of carbonyl (C=O) groups is 2. The number of hydrogen-bond donors (Lipinski definition) is 0. The maximum absolute atomic E-state index is 12.8. The predicted octanol–water partition coefficient (Wildman–Crippen LogP) is 18.9. The Balaban J connectivity index is 1.57. The second-order valence-corrected chi connectivity index (χ2v) is 18.7. The third-order valence-electron chi connectivity index (χ3n) is 12.0. The van der Waals surface area contributed by atoms with Crippen molar-refractivity contribution < 1.29 is 9.59 Å². The van der Waals surface area contributed by atoms with Crippen molar-refractivity contribution in [2.75, 3.05) is 0 Å². The molecule has 0 radical (unpaired) electrons. The van der Waals surface area contributed by atoms with E-state index in [-0.39, 0.29) is 11.6 Å². The van der Waals surface area contributed by atoms with Gasteiger partial charge in [0.1, 0.15) is 0 Å². The maximum atomic E-state index is 12.8. The van der Waals surface area contributed by atoms with Crippen molar-refractivity contribution in [3.63, 3.8) is 0 Å². The lowest BCUT2D eigenvalue weighted by molar-refractivity contribution is 0.0983. The van der Waals surface area contributed by atoms with E-state index >= 15 is 0 Å². The van der Waals surface area contributed by atoms with Gasteiger partial charge in [0.25, 0.3) is 0 Å². The monoisotopic (exact) mass is 839 g/mol. The molecule has 0 amide bonds. The quantitative estimate of drug-likeness (QED) is 0.0753. The first kappa shape index (κ1) is 53.8. The van der Waals surface area contributed by atoms with E-state index in [0.29, 0.717) is 23.1 Å². The Morgan fingerprint density at radius 1 is 0.355 bits per heavy atom. The Bertz CT molecular complexity index is 1930. The molecule has 0 atom stereocenters. The molecular weight excluding hydrogens is 753 g/mol. The van der Waals surface area contributed by atoms with Gasteiger partial charge in [-0.2, -0.15) is 0 Å². The lowest BCUT2D eigenvalue weighted by Gasteiger charge is -2.14. The number of Topliss-reactive ketones (excluding diaryl/α,β-unsaturated/α-hetero) is 1. The Morgan fingerprint density at radius 3 is 0.903 bits per heavy atom. The lowest BCUT2D eigenvalue weighted by atomic mass is 9.88. The number of hydrogen-bond acceptors (Lipinski definition) is 2. The molecule has 2 nitrogen and oxygen atoms in total. The van der Waals surface area contributed by atoms with Crippen LogP contribution in [0.15, 0.2) is 152 Å². The topological polar surface area (TPSA) is 34.1 Å². The summed E-state index contributed by atoms with van der Waals surface area (Å²) in [5, 5.41) is 0. The average Bonchev–Trinajstić information content (AvgIpc) is 3.21. The van der Waals surface area contributed by atoms with Crippen molar-refractivity contribution in [2.45, 2.75) is 198 Å². The van der Waals surface area contributed by atoms with E-state index in [1.165, 1.54) is 81.1 Å². The van der Waals surface area contributed by atoms with Gasteiger partial charge in [0.15, 0.2) is 11.6 Å². The highest BCUT2D eigenvalue weighted by atomic mass is 16.1. The van der Waals surface area contributed by atoms with Crippen LogP contribution >= 0.6 is 0 Å². The fraction of sp³-hybridized carbons (Fsp3) is 0.500. The Kier molecular flexibility index (Phi) is 27.4. The van der Waals surface area contributed by atoms with Crippen molar-refractivity contribution in [1.82, 2.24) is 0 Å². The fourth-order valence-electron chi connectivity index (χ4n) is 7.68. The molecule has 2 heteroatoms. The number of allylic oxidation sites excluding steroid dienone is 22. The molecule has 62 heavy (non-hydrogen) atoms. The first-order chi connectivity index (χ1) is 29.6. The summed E-state index contributed by atoms with van der Waals surface area (Å²) < 4.78 is 0. The molecule has 0 heterocycles. The lowest BCUT2D eigenvalue weighted by Crippen LogP contribution is -2.16. The van der Waals surface area contributed by atoms with Crippen LogP contribution in [0.1, 0.15) is 219 Å². The zero-order chi connectivity index (χ0) is 45.7. The molecule has 0 saturated heterocycles. The van der Waals surface area contributed by atoms with E-state index < -0.39 is 0 Å². The number of benzene rings is 1. The van der Waals surface area contributed by atoms with E-state index in [2.05, 4.69) is 137 Å². The summed E-state index contributed by atoms with van der Waals surface area (Å²) in [6.45, 7) is 24.7. The molecule has 0 fully saturated rings. The van der Waals surface area contributed by atoms with Crippen LogP contribution in [0.5, 0.6) is 0 Å². The molecule has 0 aromatic heterocycles. The zero-order valence-electron chi connectivity index (χ0n) is 41.4. The molecule has 0 spiro atoms. The molecule has 0 bridgehead atoms. The molecule has 0 aliphatic heterocycles. The van der Waals surface area contributed by atoms with Crippen molar-refractivity contribution in [3.8, 4) is 0 Å². The Labute approximate surface area is 381 Å². The number of carbonyl (C=O) groups excluding carboxylic acids is 2. The third kappa shape index (κ3) is 25.0. The van der Waals surface area contributed by atoms with Gasteiger partial charge in [-0.05, 0) is 204 Å². The Hall–Kier alpha value is -4.30. The minimum absolute atomic E-state index is 0.0250. The minimum atomic E-state index is -0.0695. The number of rotatable bonds is 29. The molecule has 0 saturated carbocycles. The van der Waals surface area contributed by atoms with Gasteiger partial charge in [0, 0.05) is 16.7 Å². The number of fused-ring (bicyclic) bond motifs is 1. The van der Waals surface area contributed by atoms with Crippen LogP contribution in [-0.4, -0.2) is 11.6 Å². The highest BCUT2D eigenvalue weighted by Gasteiger charge is 2.24. The maximum Gasteiger partial charge on any atom is 0.190 e. The summed E-state index contributed by atoms with van der Waals surface area (Å²) in [7, 11) is 0. The van der Waals surface area contributed by atoms with Crippen LogP contribution in [0.4, 0.5) is 0 Å². The predicted molar refractivity (Wildman–Crippen MR) is 274 cm³/mol. The Morgan fingerprint density at radius 2 is 0.613 bits per heavy atom. The molecule has 0 unspecified atom stereocenters. The van der Waals surface area contributed by atoms with Gasteiger partial charge in [-0.25, -0.2) is 0 Å². The van der Waals surface area contributed by atoms with Gasteiger partial charge in [-0.3, -0.25) is 9.59 Å². The summed E-state index contributed by atoms with van der Waals surface area (Å²) in [5.41, 5.74) is 16.3. The summed E-state index contributed by atoms with van der Waals surface area (Å²) in [4.78, 5) is 25.3. The highest BCUT2D eigenvalue weighted by molar-refractivity contribution is 6.24. The van der Waals surface area contributed by atoms with E-state index in [0.717, 1.165) is 96.3 Å². The number of ketones is 2. The zero-order valence-corrected chi connectivity index (χ0v) is 41.4. The standard InChI is InChI=1S/C60H86O2/c1-46(2)23-14-24-47(3)25-15-26-48(4)27-16-28-49(5)29-17-30-50(6)31-18-32-51(7)33-19-34-52(8)35-20-36-53(9)37-21-38-54(10)39-22-40-55(11)43-44-56-45-59(61)57-41-12-13-42-58(57)60(56)62/h12-13,23,25,27,29,31,33,35,37,39,41-43,45H,14-22,24,26,28,30,32,34,36,38,40,44H2,1-11H3/b47-25+,48-27+,49-29+,50-31+,51-33+,52-35+,53-37+,54-39+,55-43+. The van der Waals surface area contributed by atoms with Crippen LogP contribution in [0, 0.1) is 0 Å². The van der Waals surface area contributed by atoms with Gasteiger partial charge in [-0.1, -0.05) is 141 Å². The first-order valence-electron chi connectivity index (χ1n) is 24.1. The SMILES string of the molecule is CC(C)=CCC/C(C)=C/CC/C(C)=C/CC/C(C)=C/CC/C(C)=C/CC/C(C)=C/CC/C(C)=C/CC/C(C)=C/CC/C(C)=C/CC/C(C)=C/CC1=CC(=O)c2ccccc2C1=O. The van der Waals surface area contributed by atoms with Crippen molar-refractivity contribution in [2.24, 2.45) is 0 Å². The molecular formula is C60H86O2. The molecule has 338 valence electrons. The molecule has 2 rings (SSSR count). The van der Waals surface area contributed by atoms with Crippen LogP contribution in [0.3, 0.4) is 0 Å². The second-order valence-electron chi connectivity index (χ2n) is 18.7. The molecule has 1 aromatic rings. The molecule has 0 N–H and O–H groups in total. The fourth-order valence-corrected chi connectivity index (χ4v) is 7.68. The third-order valence-corrected chi connectivity index (χ3v) is 12.0. The van der Waals surface area contributed by atoms with Gasteiger partial charge in [0.05, 0.1) is 0 Å². The minimum Gasteiger partial charge on any atom is -0.289 e. The second kappa shape index (κ2) is 31.5.